The Kier molecular flexibility index (Phi) is 11.1. The number of ether oxygens (including phenoxy) is 3. The zero-order chi connectivity index (χ0) is 39.7. The van der Waals surface area contributed by atoms with Gasteiger partial charge >= 0.3 is 0 Å². The largest absolute Gasteiger partial charge is 0.497 e. The van der Waals surface area contributed by atoms with Crippen molar-refractivity contribution in [3.63, 3.8) is 0 Å². The first-order valence-corrected chi connectivity index (χ1v) is 19.7. The molecule has 4 atom stereocenters. The SMILES string of the molecule is C=C[C@@H]1C[C@]1(NC(=O)[C@@H]1C[C@@H](Oc2cc(-c3ccccc3)nc3cc(OC)ccc23)CN1C(=O)C=C(NC(=O)COC)C(C)(C)C)C(=O)NS(=O)(=O)C1CC1. The highest BCUT2D eigenvalue weighted by molar-refractivity contribution is 7.91. The van der Waals surface area contributed by atoms with E-state index < -0.39 is 67.9 Å². The molecule has 6 rings (SSSR count). The number of rotatable bonds is 14. The molecular weight excluding hydrogens is 727 g/mol. The van der Waals surface area contributed by atoms with Crippen molar-refractivity contribution in [2.75, 3.05) is 27.4 Å². The number of pyridine rings is 1. The smallest absolute Gasteiger partial charge is 0.259 e. The number of carbonyl (C=O) groups is 4. The van der Waals surface area contributed by atoms with Crippen LogP contribution in [-0.4, -0.2) is 92.2 Å². The number of aromatic nitrogens is 1. The summed E-state index contributed by atoms with van der Waals surface area (Å²) in [5.41, 5.74) is 0.164. The minimum Gasteiger partial charge on any atom is -0.497 e. The van der Waals surface area contributed by atoms with Gasteiger partial charge in [0.15, 0.2) is 0 Å². The van der Waals surface area contributed by atoms with Crippen molar-refractivity contribution < 1.29 is 41.8 Å². The molecule has 0 spiro atoms. The standard InChI is InChI=1S/C40H47N5O9S/c1-7-25-21-40(25,38(49)44-55(50,51)28-14-15-28)43-37(48)32-18-27(22-45(32)36(47)20-34(39(2,3)4)42-35(46)23-52-5)54-33-19-30(24-11-9-8-10-12-24)41-31-17-26(53-6)13-16-29(31)33/h7-13,16-17,19-20,25,27-28,32H,1,14-15,18,21-23H2,2-6H3,(H,42,46)(H,43,48)(H,44,49)/t25-,27-,32+,40-/m1/s1. The highest BCUT2D eigenvalue weighted by Crippen LogP contribution is 2.45. The molecule has 55 heavy (non-hydrogen) atoms. The zero-order valence-corrected chi connectivity index (χ0v) is 32.4. The van der Waals surface area contributed by atoms with Crippen LogP contribution >= 0.6 is 0 Å². The second kappa shape index (κ2) is 15.5. The molecule has 14 nitrogen and oxygen atoms in total. The Balaban J connectivity index is 1.34. The molecular formula is C40H47N5O9S. The highest BCUT2D eigenvalue weighted by Gasteiger charge is 2.62. The number of hydrogen-bond donors (Lipinski definition) is 3. The molecule has 1 aliphatic heterocycles. The van der Waals surface area contributed by atoms with E-state index in [9.17, 15) is 27.6 Å². The third kappa shape index (κ3) is 8.67. The van der Waals surface area contributed by atoms with E-state index in [0.29, 0.717) is 46.6 Å². The van der Waals surface area contributed by atoms with Crippen molar-refractivity contribution in [1.29, 1.82) is 0 Å². The molecule has 2 aliphatic carbocycles. The molecule has 292 valence electrons. The van der Waals surface area contributed by atoms with Gasteiger partial charge in [-0.05, 0) is 31.4 Å². The van der Waals surface area contributed by atoms with Gasteiger partial charge in [0.05, 0.1) is 30.1 Å². The Morgan fingerprint density at radius 3 is 2.40 bits per heavy atom. The maximum Gasteiger partial charge on any atom is 0.259 e. The van der Waals surface area contributed by atoms with Crippen LogP contribution in [0.3, 0.4) is 0 Å². The van der Waals surface area contributed by atoms with Gasteiger partial charge in [-0.2, -0.15) is 0 Å². The lowest BCUT2D eigenvalue weighted by atomic mass is 9.91. The number of nitrogens with one attached hydrogen (secondary N) is 3. The molecule has 15 heteroatoms. The molecule has 2 heterocycles. The van der Waals surface area contributed by atoms with Crippen LogP contribution in [0.5, 0.6) is 11.5 Å². The van der Waals surface area contributed by atoms with Crippen LogP contribution in [0, 0.1) is 11.3 Å². The van der Waals surface area contributed by atoms with Gasteiger partial charge in [0.1, 0.15) is 35.8 Å². The molecule has 0 unspecified atom stereocenters. The lowest BCUT2D eigenvalue weighted by molar-refractivity contribution is -0.137. The second-order valence-corrected chi connectivity index (χ2v) is 17.2. The lowest BCUT2D eigenvalue weighted by Crippen LogP contribution is -2.56. The molecule has 0 radical (unpaired) electrons. The molecule has 3 aromatic rings. The van der Waals surface area contributed by atoms with E-state index in [2.05, 4.69) is 21.9 Å². The summed E-state index contributed by atoms with van der Waals surface area (Å²) in [6.07, 6.45) is 3.16. The Morgan fingerprint density at radius 2 is 1.78 bits per heavy atom. The molecule has 0 bridgehead atoms. The highest BCUT2D eigenvalue weighted by atomic mass is 32.2. The fourth-order valence-electron chi connectivity index (χ4n) is 6.70. The monoisotopic (exact) mass is 773 g/mol. The summed E-state index contributed by atoms with van der Waals surface area (Å²) >= 11 is 0. The van der Waals surface area contributed by atoms with Crippen molar-refractivity contribution in [3.05, 3.63) is 79.0 Å². The summed E-state index contributed by atoms with van der Waals surface area (Å²) in [5, 5.41) is 5.59. The molecule has 2 saturated carbocycles. The van der Waals surface area contributed by atoms with Crippen molar-refractivity contribution >= 4 is 44.6 Å². The molecule has 2 aromatic carbocycles. The van der Waals surface area contributed by atoms with Crippen molar-refractivity contribution in [2.24, 2.45) is 11.3 Å². The van der Waals surface area contributed by atoms with Gasteiger partial charge in [-0.1, -0.05) is 57.2 Å². The van der Waals surface area contributed by atoms with E-state index in [1.54, 1.807) is 19.2 Å². The predicted octanol–water partition coefficient (Wildman–Crippen LogP) is 3.62. The fourth-order valence-corrected chi connectivity index (χ4v) is 8.06. The number of hydrogen-bond acceptors (Lipinski definition) is 10. The van der Waals surface area contributed by atoms with E-state index in [-0.39, 0.29) is 26.0 Å². The number of allylic oxidation sites excluding steroid dienone is 1. The van der Waals surface area contributed by atoms with E-state index in [1.807, 2.05) is 63.2 Å². The van der Waals surface area contributed by atoms with Gasteiger partial charge in [-0.3, -0.25) is 23.9 Å². The third-order valence-corrected chi connectivity index (χ3v) is 11.9. The first-order chi connectivity index (χ1) is 26.1. The minimum absolute atomic E-state index is 0.0301. The molecule has 3 N–H and O–H groups in total. The number of fused-ring (bicyclic) bond motifs is 1. The van der Waals surface area contributed by atoms with E-state index in [4.69, 9.17) is 19.2 Å². The molecule has 4 amide bonds. The molecule has 1 aromatic heterocycles. The second-order valence-electron chi connectivity index (χ2n) is 15.2. The van der Waals surface area contributed by atoms with Gasteiger partial charge in [0.25, 0.3) is 5.91 Å². The first-order valence-electron chi connectivity index (χ1n) is 18.1. The Morgan fingerprint density at radius 1 is 1.05 bits per heavy atom. The average Bonchev–Trinajstić information content (AvgIpc) is 4.07. The van der Waals surface area contributed by atoms with Crippen molar-refractivity contribution in [3.8, 4) is 22.8 Å². The minimum atomic E-state index is -3.91. The van der Waals surface area contributed by atoms with Crippen molar-refractivity contribution in [2.45, 2.75) is 69.4 Å². The number of benzene rings is 2. The maximum absolute atomic E-state index is 14.3. The van der Waals surface area contributed by atoms with Crippen LogP contribution in [0.25, 0.3) is 22.2 Å². The van der Waals surface area contributed by atoms with Crippen molar-refractivity contribution in [1.82, 2.24) is 25.2 Å². The molecule has 3 aliphatic rings. The van der Waals surface area contributed by atoms with E-state index >= 15 is 0 Å². The summed E-state index contributed by atoms with van der Waals surface area (Å²) in [6.45, 7) is 9.00. The summed E-state index contributed by atoms with van der Waals surface area (Å²) in [5.74, 6) is -1.99. The van der Waals surface area contributed by atoms with Crippen LogP contribution in [0.2, 0.25) is 0 Å². The van der Waals surface area contributed by atoms with Gasteiger partial charge in [0.2, 0.25) is 27.7 Å². The Bertz CT molecular complexity index is 2150. The summed E-state index contributed by atoms with van der Waals surface area (Å²) in [6, 6.07) is 15.6. The fraction of sp³-hybridized carbons (Fsp3) is 0.425. The maximum atomic E-state index is 14.3. The third-order valence-electron chi connectivity index (χ3n) is 10.1. The topological polar surface area (TPSA) is 182 Å². The molecule has 3 fully saturated rings. The number of sulfonamides is 1. The van der Waals surface area contributed by atoms with Crippen LogP contribution in [-0.2, 0) is 33.9 Å². The van der Waals surface area contributed by atoms with Crippen LogP contribution in [0.4, 0.5) is 0 Å². The van der Waals surface area contributed by atoms with Gasteiger partial charge < -0.3 is 29.7 Å². The van der Waals surface area contributed by atoms with E-state index in [0.717, 1.165) is 5.56 Å². The Hall–Kier alpha value is -5.28. The van der Waals surface area contributed by atoms with E-state index in [1.165, 1.54) is 24.2 Å². The van der Waals surface area contributed by atoms with Crippen LogP contribution in [0.15, 0.2) is 79.0 Å². The van der Waals surface area contributed by atoms with Crippen LogP contribution < -0.4 is 24.8 Å². The van der Waals surface area contributed by atoms with Gasteiger partial charge in [-0.15, -0.1) is 6.58 Å². The number of carbonyl (C=O) groups excluding carboxylic acids is 4. The number of nitrogens with zero attached hydrogens (tertiary/aromatic N) is 2. The lowest BCUT2D eigenvalue weighted by Gasteiger charge is -2.28. The summed E-state index contributed by atoms with van der Waals surface area (Å²) in [7, 11) is -0.955. The molecule has 1 saturated heterocycles. The predicted molar refractivity (Wildman–Crippen MR) is 205 cm³/mol. The summed E-state index contributed by atoms with van der Waals surface area (Å²) < 4.78 is 44.7. The average molecular weight is 774 g/mol. The number of amides is 4. The number of likely N-dealkylation sites (tertiary alicyclic amines) is 1. The first kappa shape index (κ1) is 39.4. The summed E-state index contributed by atoms with van der Waals surface area (Å²) in [4.78, 5) is 60.8. The van der Waals surface area contributed by atoms with Gasteiger partial charge in [-0.25, -0.2) is 13.4 Å². The van der Waals surface area contributed by atoms with Crippen LogP contribution in [0.1, 0.15) is 46.5 Å². The van der Waals surface area contributed by atoms with Gasteiger partial charge in [0, 0.05) is 59.7 Å². The number of methoxy groups -OCH3 is 2. The normalized spacial score (nSPS) is 22.5. The Labute approximate surface area is 320 Å². The quantitative estimate of drug-likeness (QED) is 0.162. The zero-order valence-electron chi connectivity index (χ0n) is 31.6.